The first-order valence-electron chi connectivity index (χ1n) is 7.47. The first-order valence-corrected chi connectivity index (χ1v) is 9.32. The molecule has 1 aromatic rings. The van der Waals surface area contributed by atoms with Gasteiger partial charge in [-0.15, -0.1) is 0 Å². The minimum Gasteiger partial charge on any atom is -0.306 e. The van der Waals surface area contributed by atoms with E-state index in [1.54, 1.807) is 4.31 Å². The van der Waals surface area contributed by atoms with Gasteiger partial charge in [0.1, 0.15) is 0 Å². The molecule has 0 aromatic carbocycles. The van der Waals surface area contributed by atoms with Gasteiger partial charge >= 0.3 is 0 Å². The minimum atomic E-state index is -3.04. The number of rotatable bonds is 6. The summed E-state index contributed by atoms with van der Waals surface area (Å²) in [5.41, 5.74) is 1.29. The van der Waals surface area contributed by atoms with Crippen molar-refractivity contribution in [2.75, 3.05) is 39.5 Å². The Bertz CT molecular complexity index is 533. The van der Waals surface area contributed by atoms with Gasteiger partial charge in [0.15, 0.2) is 0 Å². The third-order valence-electron chi connectivity index (χ3n) is 4.05. The molecule has 1 atom stereocenters. The first-order chi connectivity index (χ1) is 9.95. The lowest BCUT2D eigenvalue weighted by molar-refractivity contribution is 0.202. The Labute approximate surface area is 128 Å². The molecule has 1 fully saturated rings. The van der Waals surface area contributed by atoms with Crippen LogP contribution in [0.25, 0.3) is 0 Å². The first kappa shape index (κ1) is 16.4. The standard InChI is InChI=1S/C15H25N3O2S/c1-17(11-7-14-5-8-16-9-6-14)12-15-4-3-10-18(13-15)21(2,19)20/h5-6,8-9,15H,3-4,7,10-13H2,1-2H3/t15-/m0/s1. The summed E-state index contributed by atoms with van der Waals surface area (Å²) in [6.45, 7) is 3.28. The number of nitrogens with zero attached hydrogens (tertiary/aromatic N) is 3. The summed E-state index contributed by atoms with van der Waals surface area (Å²) in [4.78, 5) is 6.32. The van der Waals surface area contributed by atoms with Gasteiger partial charge in [0.05, 0.1) is 6.26 Å². The van der Waals surface area contributed by atoms with Crippen LogP contribution in [0.4, 0.5) is 0 Å². The Morgan fingerprint density at radius 2 is 2.10 bits per heavy atom. The second-order valence-electron chi connectivity index (χ2n) is 6.00. The van der Waals surface area contributed by atoms with Crippen molar-refractivity contribution in [3.63, 3.8) is 0 Å². The highest BCUT2D eigenvalue weighted by Gasteiger charge is 2.26. The molecule has 0 radical (unpaired) electrons. The molecular formula is C15H25N3O2S. The molecule has 1 aliphatic rings. The lowest BCUT2D eigenvalue weighted by Crippen LogP contribution is -2.42. The van der Waals surface area contributed by atoms with Gasteiger partial charge in [-0.05, 0) is 49.9 Å². The Balaban J connectivity index is 1.78. The van der Waals surface area contributed by atoms with Crippen LogP contribution in [0.2, 0.25) is 0 Å². The number of piperidine rings is 1. The number of pyridine rings is 1. The predicted molar refractivity (Wildman–Crippen MR) is 84.6 cm³/mol. The van der Waals surface area contributed by atoms with Crippen molar-refractivity contribution in [3.8, 4) is 0 Å². The molecule has 1 aliphatic heterocycles. The van der Waals surface area contributed by atoms with E-state index in [2.05, 4.69) is 16.9 Å². The van der Waals surface area contributed by atoms with Crippen LogP contribution < -0.4 is 0 Å². The van der Waals surface area contributed by atoms with E-state index in [-0.39, 0.29) is 0 Å². The summed E-state index contributed by atoms with van der Waals surface area (Å²) < 4.78 is 24.9. The zero-order chi connectivity index (χ0) is 15.3. The second-order valence-corrected chi connectivity index (χ2v) is 7.98. The Morgan fingerprint density at radius 1 is 1.38 bits per heavy atom. The smallest absolute Gasteiger partial charge is 0.211 e. The largest absolute Gasteiger partial charge is 0.306 e. The van der Waals surface area contributed by atoms with Crippen LogP contribution >= 0.6 is 0 Å². The Morgan fingerprint density at radius 3 is 2.76 bits per heavy atom. The topological polar surface area (TPSA) is 53.5 Å². The van der Waals surface area contributed by atoms with Crippen molar-refractivity contribution in [2.24, 2.45) is 5.92 Å². The maximum absolute atomic E-state index is 11.6. The number of hydrogen-bond donors (Lipinski definition) is 0. The maximum atomic E-state index is 11.6. The fraction of sp³-hybridized carbons (Fsp3) is 0.667. The average molecular weight is 311 g/mol. The fourth-order valence-electron chi connectivity index (χ4n) is 2.88. The van der Waals surface area contributed by atoms with Crippen LogP contribution in [-0.2, 0) is 16.4 Å². The van der Waals surface area contributed by atoms with Crippen molar-refractivity contribution in [1.29, 1.82) is 0 Å². The highest BCUT2D eigenvalue weighted by Crippen LogP contribution is 2.19. The normalized spacial score (nSPS) is 20.8. The summed E-state index contributed by atoms with van der Waals surface area (Å²) in [5.74, 6) is 0.441. The summed E-state index contributed by atoms with van der Waals surface area (Å²) >= 11 is 0. The molecule has 0 bridgehead atoms. The van der Waals surface area contributed by atoms with E-state index in [1.165, 1.54) is 11.8 Å². The number of likely N-dealkylation sites (N-methyl/N-ethyl adjacent to an activating group) is 1. The van der Waals surface area contributed by atoms with Crippen LogP contribution in [0.5, 0.6) is 0 Å². The molecule has 5 nitrogen and oxygen atoms in total. The average Bonchev–Trinajstić information content (AvgIpc) is 2.46. The molecular weight excluding hydrogens is 286 g/mol. The SMILES string of the molecule is CN(CCc1ccncc1)C[C@@H]1CCCN(S(C)(=O)=O)C1. The highest BCUT2D eigenvalue weighted by atomic mass is 32.2. The maximum Gasteiger partial charge on any atom is 0.211 e. The van der Waals surface area contributed by atoms with Gasteiger partial charge in [0.2, 0.25) is 10.0 Å². The van der Waals surface area contributed by atoms with Crippen LogP contribution in [0, 0.1) is 5.92 Å². The van der Waals surface area contributed by atoms with E-state index in [0.29, 0.717) is 19.0 Å². The number of aromatic nitrogens is 1. The van der Waals surface area contributed by atoms with E-state index in [4.69, 9.17) is 0 Å². The monoisotopic (exact) mass is 311 g/mol. The molecule has 2 heterocycles. The van der Waals surface area contributed by atoms with Crippen LogP contribution in [-0.4, -0.2) is 62.1 Å². The van der Waals surface area contributed by atoms with Gasteiger partial charge < -0.3 is 4.90 Å². The van der Waals surface area contributed by atoms with E-state index in [9.17, 15) is 8.42 Å². The molecule has 21 heavy (non-hydrogen) atoms. The molecule has 118 valence electrons. The van der Waals surface area contributed by atoms with Crippen molar-refractivity contribution >= 4 is 10.0 Å². The van der Waals surface area contributed by atoms with Gasteiger partial charge in [-0.25, -0.2) is 12.7 Å². The summed E-state index contributed by atoms with van der Waals surface area (Å²) in [7, 11) is -0.930. The Hall–Kier alpha value is -0.980. The van der Waals surface area contributed by atoms with Crippen molar-refractivity contribution in [3.05, 3.63) is 30.1 Å². The van der Waals surface area contributed by atoms with Gasteiger partial charge in [-0.1, -0.05) is 0 Å². The van der Waals surface area contributed by atoms with Crippen LogP contribution in [0.3, 0.4) is 0 Å². The van der Waals surface area contributed by atoms with E-state index < -0.39 is 10.0 Å². The van der Waals surface area contributed by atoms with Gasteiger partial charge in [0.25, 0.3) is 0 Å². The molecule has 0 amide bonds. The summed E-state index contributed by atoms with van der Waals surface area (Å²) in [6.07, 6.45) is 8.03. The molecule has 1 saturated heterocycles. The predicted octanol–water partition coefficient (Wildman–Crippen LogP) is 1.23. The van der Waals surface area contributed by atoms with E-state index in [1.807, 2.05) is 24.5 Å². The third kappa shape index (κ3) is 5.37. The number of sulfonamides is 1. The van der Waals surface area contributed by atoms with Gasteiger partial charge in [-0.2, -0.15) is 0 Å². The van der Waals surface area contributed by atoms with Crippen molar-refractivity contribution < 1.29 is 8.42 Å². The molecule has 2 rings (SSSR count). The second kappa shape index (κ2) is 7.33. The molecule has 1 aromatic heterocycles. The van der Waals surface area contributed by atoms with E-state index in [0.717, 1.165) is 32.4 Å². The summed E-state index contributed by atoms with van der Waals surface area (Å²) in [6, 6.07) is 4.08. The van der Waals surface area contributed by atoms with E-state index >= 15 is 0 Å². The van der Waals surface area contributed by atoms with Gasteiger partial charge in [-0.3, -0.25) is 4.98 Å². The zero-order valence-electron chi connectivity index (χ0n) is 12.9. The van der Waals surface area contributed by atoms with Gasteiger partial charge in [0, 0.05) is 38.6 Å². The molecule has 0 saturated carbocycles. The van der Waals surface area contributed by atoms with Crippen molar-refractivity contribution in [1.82, 2.24) is 14.2 Å². The number of hydrogen-bond acceptors (Lipinski definition) is 4. The Kier molecular flexibility index (Phi) is 5.72. The van der Waals surface area contributed by atoms with Crippen LogP contribution in [0.15, 0.2) is 24.5 Å². The third-order valence-corrected chi connectivity index (χ3v) is 5.32. The molecule has 0 unspecified atom stereocenters. The molecule has 0 aliphatic carbocycles. The zero-order valence-corrected chi connectivity index (χ0v) is 13.7. The lowest BCUT2D eigenvalue weighted by Gasteiger charge is -2.33. The van der Waals surface area contributed by atoms with Crippen molar-refractivity contribution in [2.45, 2.75) is 19.3 Å². The molecule has 0 spiro atoms. The minimum absolute atomic E-state index is 0.441. The fourth-order valence-corrected chi connectivity index (χ4v) is 3.82. The molecule has 0 N–H and O–H groups in total. The highest BCUT2D eigenvalue weighted by molar-refractivity contribution is 7.88. The lowest BCUT2D eigenvalue weighted by atomic mass is 9.99. The molecule has 6 heteroatoms. The summed E-state index contributed by atoms with van der Waals surface area (Å²) in [5, 5.41) is 0. The van der Waals surface area contributed by atoms with Crippen LogP contribution in [0.1, 0.15) is 18.4 Å². The quantitative estimate of drug-likeness (QED) is 0.793.